The van der Waals surface area contributed by atoms with Gasteiger partial charge < -0.3 is 17.7 Å². The van der Waals surface area contributed by atoms with E-state index in [0.29, 0.717) is 0 Å². The molecule has 0 spiro atoms. The predicted molar refractivity (Wildman–Crippen MR) is 77.5 cm³/mol. The second kappa shape index (κ2) is 8.09. The summed E-state index contributed by atoms with van der Waals surface area (Å²) < 4.78 is 22.2. The van der Waals surface area contributed by atoms with E-state index in [1.807, 2.05) is 18.2 Å². The highest BCUT2D eigenvalue weighted by Gasteiger charge is 2.06. The van der Waals surface area contributed by atoms with Gasteiger partial charge in [0.1, 0.15) is 0 Å². The number of aromatic nitrogens is 1. The maximum absolute atomic E-state index is 11.1. The first kappa shape index (κ1) is 17.6. The Hall–Kier alpha value is -1.47. The summed E-state index contributed by atoms with van der Waals surface area (Å²) >= 11 is 0. The minimum Gasteiger partial charge on any atom is -1.00 e. The maximum atomic E-state index is 11.1. The molecular weight excluding hydrogens is 310 g/mol. The van der Waals surface area contributed by atoms with E-state index in [1.54, 1.807) is 18.3 Å². The lowest BCUT2D eigenvalue weighted by Gasteiger charge is -2.05. The molecule has 0 atom stereocenters. The number of nitrogens with two attached hydrogens (primary N) is 1. The van der Waals surface area contributed by atoms with Crippen molar-refractivity contribution in [1.29, 1.82) is 0 Å². The SMILES string of the molecule is NS(=O)(=O)c1ccc(CCNCc2ccccn2)cc1.[Cl-]. The summed E-state index contributed by atoms with van der Waals surface area (Å²) in [6, 6.07) is 12.4. The largest absolute Gasteiger partial charge is 1.00 e. The average Bonchev–Trinajstić information content (AvgIpc) is 2.44. The predicted octanol–water partition coefficient (Wildman–Crippen LogP) is -1.93. The molecule has 0 saturated heterocycles. The second-order valence-electron chi connectivity index (χ2n) is 4.44. The Bertz CT molecular complexity index is 646. The molecule has 0 saturated carbocycles. The van der Waals surface area contributed by atoms with Crippen LogP contribution in [0.4, 0.5) is 0 Å². The van der Waals surface area contributed by atoms with Gasteiger partial charge in [-0.15, -0.1) is 0 Å². The zero-order chi connectivity index (χ0) is 14.4. The van der Waals surface area contributed by atoms with Crippen LogP contribution in [0.2, 0.25) is 0 Å². The monoisotopic (exact) mass is 326 g/mol. The lowest BCUT2D eigenvalue weighted by Crippen LogP contribution is -3.00. The minimum absolute atomic E-state index is 0. The Balaban J connectivity index is 0.00000220. The number of hydrogen-bond donors (Lipinski definition) is 2. The van der Waals surface area contributed by atoms with Crippen molar-refractivity contribution >= 4 is 10.0 Å². The molecule has 5 nitrogen and oxygen atoms in total. The Morgan fingerprint density at radius 3 is 2.38 bits per heavy atom. The third kappa shape index (κ3) is 5.81. The fraction of sp³-hybridized carbons (Fsp3) is 0.214. The van der Waals surface area contributed by atoms with Crippen LogP contribution in [0.1, 0.15) is 11.3 Å². The topological polar surface area (TPSA) is 85.1 Å². The van der Waals surface area contributed by atoms with Crippen LogP contribution >= 0.6 is 0 Å². The zero-order valence-electron chi connectivity index (χ0n) is 11.4. The molecule has 0 aliphatic rings. The summed E-state index contributed by atoms with van der Waals surface area (Å²) in [4.78, 5) is 4.36. The third-order valence-corrected chi connectivity index (χ3v) is 3.80. The van der Waals surface area contributed by atoms with E-state index >= 15 is 0 Å². The Morgan fingerprint density at radius 1 is 1.10 bits per heavy atom. The summed E-state index contributed by atoms with van der Waals surface area (Å²) in [6.07, 6.45) is 2.58. The number of sulfonamides is 1. The van der Waals surface area contributed by atoms with Gasteiger partial charge in [-0.05, 0) is 42.8 Å². The summed E-state index contributed by atoms with van der Waals surface area (Å²) in [5.74, 6) is 0. The van der Waals surface area contributed by atoms with Gasteiger partial charge in [-0.2, -0.15) is 0 Å². The molecule has 1 aromatic heterocycles. The normalized spacial score (nSPS) is 10.9. The summed E-state index contributed by atoms with van der Waals surface area (Å²) in [5.41, 5.74) is 2.06. The molecule has 0 bridgehead atoms. The number of benzene rings is 1. The first-order chi connectivity index (χ1) is 9.55. The molecule has 0 radical (unpaired) electrons. The molecular formula is C14H17ClN3O2S-. The van der Waals surface area contributed by atoms with Crippen LogP contribution < -0.4 is 22.9 Å². The van der Waals surface area contributed by atoms with Crippen molar-refractivity contribution in [1.82, 2.24) is 10.3 Å². The lowest BCUT2D eigenvalue weighted by atomic mass is 10.1. The van der Waals surface area contributed by atoms with E-state index in [1.165, 1.54) is 12.1 Å². The van der Waals surface area contributed by atoms with E-state index in [2.05, 4.69) is 10.3 Å². The number of nitrogens with one attached hydrogen (secondary N) is 1. The molecule has 0 aliphatic carbocycles. The average molecular weight is 327 g/mol. The number of pyridine rings is 1. The summed E-state index contributed by atoms with van der Waals surface area (Å²) in [7, 11) is -3.60. The van der Waals surface area contributed by atoms with Crippen molar-refractivity contribution in [3.63, 3.8) is 0 Å². The Kier molecular flexibility index (Phi) is 6.77. The van der Waals surface area contributed by atoms with E-state index < -0.39 is 10.0 Å². The zero-order valence-corrected chi connectivity index (χ0v) is 12.9. The van der Waals surface area contributed by atoms with E-state index in [0.717, 1.165) is 30.8 Å². The molecule has 21 heavy (non-hydrogen) atoms. The third-order valence-electron chi connectivity index (χ3n) is 2.87. The highest BCUT2D eigenvalue weighted by molar-refractivity contribution is 7.89. The van der Waals surface area contributed by atoms with Gasteiger partial charge in [0.05, 0.1) is 10.6 Å². The molecule has 2 aromatic rings. The van der Waals surface area contributed by atoms with Gasteiger partial charge in [0, 0.05) is 12.7 Å². The molecule has 0 unspecified atom stereocenters. The highest BCUT2D eigenvalue weighted by atomic mass is 35.5. The number of hydrogen-bond acceptors (Lipinski definition) is 4. The maximum Gasteiger partial charge on any atom is 0.238 e. The molecule has 1 aromatic carbocycles. The van der Waals surface area contributed by atoms with Gasteiger partial charge >= 0.3 is 0 Å². The molecule has 2 rings (SSSR count). The number of primary sulfonamides is 1. The quantitative estimate of drug-likeness (QED) is 0.605. The summed E-state index contributed by atoms with van der Waals surface area (Å²) in [6.45, 7) is 1.52. The fourth-order valence-electron chi connectivity index (χ4n) is 1.80. The van der Waals surface area contributed by atoms with Crippen LogP contribution in [0.25, 0.3) is 0 Å². The van der Waals surface area contributed by atoms with Crippen molar-refractivity contribution in [2.24, 2.45) is 5.14 Å². The molecule has 3 N–H and O–H groups in total. The summed E-state index contributed by atoms with van der Waals surface area (Å²) in [5, 5.41) is 8.34. The first-order valence-electron chi connectivity index (χ1n) is 6.28. The van der Waals surface area contributed by atoms with Gasteiger partial charge in [-0.1, -0.05) is 18.2 Å². The van der Waals surface area contributed by atoms with Crippen LogP contribution in [-0.2, 0) is 23.0 Å². The van der Waals surface area contributed by atoms with E-state index in [4.69, 9.17) is 5.14 Å². The number of nitrogens with zero attached hydrogens (tertiary/aromatic N) is 1. The standard InChI is InChI=1S/C14H17N3O2S.ClH/c15-20(18,19)14-6-4-12(5-7-14)8-10-16-11-13-3-1-2-9-17-13;/h1-7,9,16H,8,10-11H2,(H2,15,18,19);1H/p-1. The molecule has 0 aliphatic heterocycles. The van der Waals surface area contributed by atoms with Crippen molar-refractivity contribution in [2.45, 2.75) is 17.9 Å². The molecule has 1 heterocycles. The van der Waals surface area contributed by atoms with Gasteiger partial charge in [-0.25, -0.2) is 13.6 Å². The molecule has 0 fully saturated rings. The smallest absolute Gasteiger partial charge is 0.238 e. The van der Waals surface area contributed by atoms with Crippen molar-refractivity contribution in [3.05, 3.63) is 59.9 Å². The second-order valence-corrected chi connectivity index (χ2v) is 6.00. The fourth-order valence-corrected chi connectivity index (χ4v) is 2.31. The van der Waals surface area contributed by atoms with Crippen LogP contribution in [0, 0.1) is 0 Å². The van der Waals surface area contributed by atoms with Crippen molar-refractivity contribution in [3.8, 4) is 0 Å². The van der Waals surface area contributed by atoms with Crippen LogP contribution in [-0.4, -0.2) is 19.9 Å². The van der Waals surface area contributed by atoms with E-state index in [9.17, 15) is 8.42 Å². The van der Waals surface area contributed by atoms with Crippen molar-refractivity contribution in [2.75, 3.05) is 6.54 Å². The van der Waals surface area contributed by atoms with Crippen LogP contribution in [0.5, 0.6) is 0 Å². The van der Waals surface area contributed by atoms with Gasteiger partial charge in [0.15, 0.2) is 0 Å². The first-order valence-corrected chi connectivity index (χ1v) is 7.83. The number of rotatable bonds is 6. The minimum atomic E-state index is -3.60. The molecule has 7 heteroatoms. The van der Waals surface area contributed by atoms with E-state index in [-0.39, 0.29) is 17.3 Å². The highest BCUT2D eigenvalue weighted by Crippen LogP contribution is 2.08. The van der Waals surface area contributed by atoms with Gasteiger partial charge in [0.2, 0.25) is 10.0 Å². The number of halogens is 1. The van der Waals surface area contributed by atoms with Gasteiger partial charge in [-0.3, -0.25) is 4.98 Å². The molecule has 114 valence electrons. The Labute approximate surface area is 131 Å². The lowest BCUT2D eigenvalue weighted by molar-refractivity contribution is -0.00000683. The van der Waals surface area contributed by atoms with Crippen molar-refractivity contribution < 1.29 is 20.8 Å². The molecule has 0 amide bonds. The Morgan fingerprint density at radius 2 is 1.81 bits per heavy atom. The van der Waals surface area contributed by atoms with Gasteiger partial charge in [0.25, 0.3) is 0 Å². The van der Waals surface area contributed by atoms with Crippen LogP contribution in [0.15, 0.2) is 53.6 Å². The van der Waals surface area contributed by atoms with Crippen LogP contribution in [0.3, 0.4) is 0 Å².